The third-order valence-corrected chi connectivity index (χ3v) is 1.76. The molecule has 0 fully saturated rings. The van der Waals surface area contributed by atoms with Gasteiger partial charge < -0.3 is 9.64 Å². The Morgan fingerprint density at radius 1 is 1.56 bits per heavy atom. The van der Waals surface area contributed by atoms with Crippen LogP contribution in [0, 0.1) is 0 Å². The predicted molar refractivity (Wildman–Crippen MR) is 49.6 cm³/mol. The highest BCUT2D eigenvalue weighted by Gasteiger charge is 2.50. The van der Waals surface area contributed by atoms with Crippen LogP contribution in [0.4, 0.5) is 17.6 Å². The lowest BCUT2D eigenvalue weighted by molar-refractivity contribution is -0.180. The number of carbonyl (C=O) groups is 1. The molecular formula is C9H13F4NO2. The number of ether oxygens (including phenoxy) is 1. The van der Waals surface area contributed by atoms with Gasteiger partial charge in [-0.1, -0.05) is 6.08 Å². The fourth-order valence-electron chi connectivity index (χ4n) is 0.937. The van der Waals surface area contributed by atoms with Crippen LogP contribution in [0.2, 0.25) is 0 Å². The number of methoxy groups -OCH3 is 1. The van der Waals surface area contributed by atoms with Gasteiger partial charge in [-0.2, -0.15) is 8.78 Å². The molecule has 0 atom stereocenters. The van der Waals surface area contributed by atoms with Crippen LogP contribution in [0.1, 0.15) is 0 Å². The maximum Gasteiger partial charge on any atom is 0.383 e. The van der Waals surface area contributed by atoms with Crippen molar-refractivity contribution < 1.29 is 27.1 Å². The second kappa shape index (κ2) is 6.47. The van der Waals surface area contributed by atoms with Gasteiger partial charge in [0.15, 0.2) is 0 Å². The van der Waals surface area contributed by atoms with Crippen molar-refractivity contribution in [2.45, 2.75) is 12.3 Å². The molecular weight excluding hydrogens is 230 g/mol. The zero-order chi connectivity index (χ0) is 12.8. The SMILES string of the molecule is C=CCN(CCOC)C(=O)C(F)(F)C(F)F. The molecule has 0 aromatic carbocycles. The van der Waals surface area contributed by atoms with Crippen LogP contribution in [-0.4, -0.2) is 50.0 Å². The van der Waals surface area contributed by atoms with Gasteiger partial charge in [-0.15, -0.1) is 6.58 Å². The van der Waals surface area contributed by atoms with Crippen molar-refractivity contribution >= 4 is 5.91 Å². The van der Waals surface area contributed by atoms with Crippen molar-refractivity contribution in [1.82, 2.24) is 4.90 Å². The van der Waals surface area contributed by atoms with E-state index in [0.29, 0.717) is 4.90 Å². The second-order valence-corrected chi connectivity index (χ2v) is 2.96. The highest BCUT2D eigenvalue weighted by molar-refractivity contribution is 5.84. The van der Waals surface area contributed by atoms with Crippen LogP contribution < -0.4 is 0 Å². The molecule has 1 amide bonds. The molecule has 0 radical (unpaired) electrons. The summed E-state index contributed by atoms with van der Waals surface area (Å²) in [6.07, 6.45) is -2.84. The Bertz CT molecular complexity index is 246. The van der Waals surface area contributed by atoms with Gasteiger partial charge in [0.25, 0.3) is 5.91 Å². The first-order valence-electron chi connectivity index (χ1n) is 4.43. The Labute approximate surface area is 90.7 Å². The molecule has 0 bridgehead atoms. The first-order valence-corrected chi connectivity index (χ1v) is 4.43. The molecule has 0 aliphatic carbocycles. The average molecular weight is 243 g/mol. The molecule has 0 heterocycles. The van der Waals surface area contributed by atoms with E-state index in [-0.39, 0.29) is 19.7 Å². The van der Waals surface area contributed by atoms with E-state index < -0.39 is 18.3 Å². The third kappa shape index (κ3) is 3.80. The number of rotatable bonds is 7. The fraction of sp³-hybridized carbons (Fsp3) is 0.667. The fourth-order valence-corrected chi connectivity index (χ4v) is 0.937. The molecule has 94 valence electrons. The van der Waals surface area contributed by atoms with Crippen LogP contribution in [0.25, 0.3) is 0 Å². The van der Waals surface area contributed by atoms with Crippen LogP contribution in [-0.2, 0) is 9.53 Å². The summed E-state index contributed by atoms with van der Waals surface area (Å²) in [6, 6.07) is 0. The summed E-state index contributed by atoms with van der Waals surface area (Å²) in [5, 5.41) is 0. The lowest BCUT2D eigenvalue weighted by Gasteiger charge is -2.25. The Kier molecular flexibility index (Phi) is 6.02. The number of hydrogen-bond donors (Lipinski definition) is 0. The molecule has 0 aliphatic rings. The molecule has 0 N–H and O–H groups in total. The monoisotopic (exact) mass is 243 g/mol. The van der Waals surface area contributed by atoms with Crippen molar-refractivity contribution in [3.63, 3.8) is 0 Å². The van der Waals surface area contributed by atoms with E-state index in [4.69, 9.17) is 0 Å². The van der Waals surface area contributed by atoms with Gasteiger partial charge >= 0.3 is 12.3 Å². The van der Waals surface area contributed by atoms with E-state index in [9.17, 15) is 22.4 Å². The molecule has 16 heavy (non-hydrogen) atoms. The zero-order valence-electron chi connectivity index (χ0n) is 8.76. The lowest BCUT2D eigenvalue weighted by atomic mass is 10.3. The average Bonchev–Trinajstić information content (AvgIpc) is 2.22. The molecule has 0 aromatic rings. The van der Waals surface area contributed by atoms with E-state index in [2.05, 4.69) is 11.3 Å². The number of hydrogen-bond acceptors (Lipinski definition) is 2. The predicted octanol–water partition coefficient (Wildman–Crippen LogP) is 1.55. The highest BCUT2D eigenvalue weighted by atomic mass is 19.3. The van der Waals surface area contributed by atoms with E-state index in [1.807, 2.05) is 0 Å². The third-order valence-electron chi connectivity index (χ3n) is 1.76. The molecule has 0 aromatic heterocycles. The standard InChI is InChI=1S/C9H13F4NO2/c1-3-4-14(5-6-16-2)8(15)9(12,13)7(10)11/h3,7H,1,4-6H2,2H3. The van der Waals surface area contributed by atoms with Crippen molar-refractivity contribution in [1.29, 1.82) is 0 Å². The quantitative estimate of drug-likeness (QED) is 0.501. The summed E-state index contributed by atoms with van der Waals surface area (Å²) in [5.41, 5.74) is 0. The second-order valence-electron chi connectivity index (χ2n) is 2.96. The minimum atomic E-state index is -4.67. The van der Waals surface area contributed by atoms with Crippen molar-refractivity contribution in [2.24, 2.45) is 0 Å². The van der Waals surface area contributed by atoms with Gasteiger partial charge in [-0.3, -0.25) is 4.79 Å². The summed E-state index contributed by atoms with van der Waals surface area (Å²) in [7, 11) is 1.31. The molecule has 7 heteroatoms. The molecule has 0 saturated heterocycles. The van der Waals surface area contributed by atoms with E-state index in [0.717, 1.165) is 0 Å². The largest absolute Gasteiger partial charge is 0.383 e. The number of halogens is 4. The van der Waals surface area contributed by atoms with Crippen LogP contribution in [0.5, 0.6) is 0 Å². The smallest absolute Gasteiger partial charge is 0.383 e. The minimum Gasteiger partial charge on any atom is -0.383 e. The van der Waals surface area contributed by atoms with E-state index in [1.165, 1.54) is 13.2 Å². The number of amides is 1. The maximum absolute atomic E-state index is 12.7. The minimum absolute atomic E-state index is 0.0150. The van der Waals surface area contributed by atoms with Gasteiger partial charge in [-0.25, -0.2) is 8.78 Å². The molecule has 0 unspecified atom stereocenters. The summed E-state index contributed by atoms with van der Waals surface area (Å²) >= 11 is 0. The maximum atomic E-state index is 12.7. The van der Waals surface area contributed by atoms with Gasteiger partial charge in [-0.05, 0) is 0 Å². The molecule has 0 saturated carbocycles. The van der Waals surface area contributed by atoms with Crippen molar-refractivity contribution in [2.75, 3.05) is 26.8 Å². The Morgan fingerprint density at radius 3 is 2.50 bits per heavy atom. The topological polar surface area (TPSA) is 29.5 Å². The summed E-state index contributed by atoms with van der Waals surface area (Å²) in [5.74, 6) is -6.59. The van der Waals surface area contributed by atoms with Gasteiger partial charge in [0, 0.05) is 20.2 Å². The summed E-state index contributed by atoms with van der Waals surface area (Å²) in [6.45, 7) is 2.81. The molecule has 0 rings (SSSR count). The number of carbonyl (C=O) groups excluding carboxylic acids is 1. The summed E-state index contributed by atoms with van der Waals surface area (Å²) < 4.78 is 53.9. The molecule has 0 aliphatic heterocycles. The van der Waals surface area contributed by atoms with Gasteiger partial charge in [0.2, 0.25) is 0 Å². The Morgan fingerprint density at radius 2 is 2.12 bits per heavy atom. The Balaban J connectivity index is 4.65. The van der Waals surface area contributed by atoms with Crippen LogP contribution >= 0.6 is 0 Å². The number of alkyl halides is 4. The lowest BCUT2D eigenvalue weighted by Crippen LogP contribution is -2.48. The first kappa shape index (κ1) is 14.9. The molecule has 0 spiro atoms. The van der Waals surface area contributed by atoms with Crippen molar-refractivity contribution in [3.05, 3.63) is 12.7 Å². The van der Waals surface area contributed by atoms with Gasteiger partial charge in [0.05, 0.1) is 6.61 Å². The van der Waals surface area contributed by atoms with E-state index >= 15 is 0 Å². The Hall–Kier alpha value is -1.11. The zero-order valence-corrected chi connectivity index (χ0v) is 8.76. The highest BCUT2D eigenvalue weighted by Crippen LogP contribution is 2.25. The van der Waals surface area contributed by atoms with Gasteiger partial charge in [0.1, 0.15) is 0 Å². The number of nitrogens with zero attached hydrogens (tertiary/aromatic N) is 1. The first-order chi connectivity index (χ1) is 7.37. The van der Waals surface area contributed by atoms with Crippen LogP contribution in [0.3, 0.4) is 0 Å². The normalized spacial score (nSPS) is 11.6. The van der Waals surface area contributed by atoms with Crippen molar-refractivity contribution in [3.8, 4) is 0 Å². The van der Waals surface area contributed by atoms with E-state index in [1.54, 1.807) is 0 Å². The molecule has 3 nitrogen and oxygen atoms in total. The van der Waals surface area contributed by atoms with Crippen LogP contribution in [0.15, 0.2) is 12.7 Å². The summed E-state index contributed by atoms with van der Waals surface area (Å²) in [4.78, 5) is 11.7.